The monoisotopic (exact) mass is 189 g/mol. The number of Topliss-reactive ketones (excluding diaryl/α,β-unsaturated/α-hetero) is 1. The number of H-pyrrole nitrogens is 1. The third kappa shape index (κ3) is 2.73. The van der Waals surface area contributed by atoms with Crippen LogP contribution in [0.1, 0.15) is 36.8 Å². The number of aromatic amines is 1. The second-order valence-corrected chi connectivity index (χ2v) is 3.27. The molecule has 0 bridgehead atoms. The Labute approximate surface area is 84.3 Å². The molecule has 1 aromatic heterocycles. The zero-order chi connectivity index (χ0) is 10.6. The first-order chi connectivity index (χ1) is 6.63. The van der Waals surface area contributed by atoms with Crippen LogP contribution in [0.5, 0.6) is 0 Å². The number of nitrogens with one attached hydrogen (secondary N) is 1. The highest BCUT2D eigenvalue weighted by atomic mass is 16.1. The molecule has 1 N–H and O–H groups in total. The van der Waals surface area contributed by atoms with Crippen molar-refractivity contribution in [2.24, 2.45) is 0 Å². The summed E-state index contributed by atoms with van der Waals surface area (Å²) in [6.45, 7) is 5.59. The van der Waals surface area contributed by atoms with Crippen LogP contribution in [-0.2, 0) is 0 Å². The second kappa shape index (κ2) is 4.61. The van der Waals surface area contributed by atoms with E-state index in [1.165, 1.54) is 5.57 Å². The Morgan fingerprint density at radius 1 is 1.43 bits per heavy atom. The van der Waals surface area contributed by atoms with Crippen molar-refractivity contribution in [1.82, 2.24) is 4.98 Å². The van der Waals surface area contributed by atoms with E-state index in [0.29, 0.717) is 0 Å². The molecule has 0 fully saturated rings. The van der Waals surface area contributed by atoms with Crippen molar-refractivity contribution in [2.75, 3.05) is 0 Å². The van der Waals surface area contributed by atoms with Gasteiger partial charge in [-0.25, -0.2) is 0 Å². The van der Waals surface area contributed by atoms with E-state index in [1.54, 1.807) is 13.1 Å². The molecule has 14 heavy (non-hydrogen) atoms. The fourth-order valence-electron chi connectivity index (χ4n) is 1.03. The van der Waals surface area contributed by atoms with E-state index in [2.05, 4.69) is 4.98 Å². The minimum Gasteiger partial charge on any atom is -0.361 e. The van der Waals surface area contributed by atoms with Gasteiger partial charge in [0.05, 0.1) is 0 Å². The minimum absolute atomic E-state index is 0.0867. The number of hydrogen-bond acceptors (Lipinski definition) is 1. The lowest BCUT2D eigenvalue weighted by molar-refractivity contribution is 0.101. The van der Waals surface area contributed by atoms with E-state index in [9.17, 15) is 4.79 Å². The largest absolute Gasteiger partial charge is 0.361 e. The quantitative estimate of drug-likeness (QED) is 0.574. The van der Waals surface area contributed by atoms with Crippen LogP contribution in [0.2, 0.25) is 0 Å². The standard InChI is InChI=1S/C12H15NO/c1-4-9(2)5-6-12-7-11(8-13-12)10(3)14/h4-8,13H,1-3H3/b6-5-,9-4-. The van der Waals surface area contributed by atoms with Gasteiger partial charge in [0.25, 0.3) is 0 Å². The number of carbonyl (C=O) groups is 1. The first kappa shape index (κ1) is 10.5. The summed E-state index contributed by atoms with van der Waals surface area (Å²) in [4.78, 5) is 14.0. The highest BCUT2D eigenvalue weighted by molar-refractivity contribution is 5.94. The maximum atomic E-state index is 11.0. The number of aromatic nitrogens is 1. The summed E-state index contributed by atoms with van der Waals surface area (Å²) in [5, 5.41) is 0. The molecule has 0 aliphatic carbocycles. The zero-order valence-electron chi connectivity index (χ0n) is 8.79. The third-order valence-electron chi connectivity index (χ3n) is 2.09. The third-order valence-corrected chi connectivity index (χ3v) is 2.09. The Balaban J connectivity index is 2.78. The summed E-state index contributed by atoms with van der Waals surface area (Å²) >= 11 is 0. The van der Waals surface area contributed by atoms with Crippen molar-refractivity contribution in [3.63, 3.8) is 0 Å². The van der Waals surface area contributed by atoms with E-state index in [0.717, 1.165) is 11.3 Å². The van der Waals surface area contributed by atoms with Crippen molar-refractivity contribution in [3.8, 4) is 0 Å². The van der Waals surface area contributed by atoms with Gasteiger partial charge < -0.3 is 4.98 Å². The predicted molar refractivity (Wildman–Crippen MR) is 59.3 cm³/mol. The summed E-state index contributed by atoms with van der Waals surface area (Å²) in [5.74, 6) is 0.0867. The maximum Gasteiger partial charge on any atom is 0.161 e. The molecule has 0 saturated carbocycles. The summed E-state index contributed by atoms with van der Waals surface area (Å²) in [6, 6.07) is 1.85. The predicted octanol–water partition coefficient (Wildman–Crippen LogP) is 3.20. The van der Waals surface area contributed by atoms with Crippen molar-refractivity contribution in [2.45, 2.75) is 20.8 Å². The van der Waals surface area contributed by atoms with Crippen molar-refractivity contribution < 1.29 is 4.79 Å². The van der Waals surface area contributed by atoms with E-state index in [-0.39, 0.29) is 5.78 Å². The summed E-state index contributed by atoms with van der Waals surface area (Å²) < 4.78 is 0. The van der Waals surface area contributed by atoms with Gasteiger partial charge in [0.2, 0.25) is 0 Å². The lowest BCUT2D eigenvalue weighted by Crippen LogP contribution is -1.85. The van der Waals surface area contributed by atoms with Gasteiger partial charge in [-0.1, -0.05) is 17.7 Å². The zero-order valence-corrected chi connectivity index (χ0v) is 8.79. The molecule has 0 aromatic carbocycles. The minimum atomic E-state index is 0.0867. The SMILES string of the molecule is C/C=C(C)\C=C/c1cc(C(C)=O)c[nH]1. The van der Waals surface area contributed by atoms with Crippen molar-refractivity contribution in [1.29, 1.82) is 0 Å². The molecular formula is C12H15NO. The molecule has 74 valence electrons. The molecule has 1 heterocycles. The Morgan fingerprint density at radius 2 is 2.14 bits per heavy atom. The number of carbonyl (C=O) groups excluding carboxylic acids is 1. The molecule has 2 heteroatoms. The van der Waals surface area contributed by atoms with Gasteiger partial charge in [-0.3, -0.25) is 4.79 Å². The van der Waals surface area contributed by atoms with E-state index in [1.807, 2.05) is 38.1 Å². The summed E-state index contributed by atoms with van der Waals surface area (Å²) in [5.41, 5.74) is 2.88. The Morgan fingerprint density at radius 3 is 2.64 bits per heavy atom. The van der Waals surface area contributed by atoms with Crippen LogP contribution in [0.4, 0.5) is 0 Å². The van der Waals surface area contributed by atoms with Gasteiger partial charge >= 0.3 is 0 Å². The smallest absolute Gasteiger partial charge is 0.161 e. The molecule has 0 atom stereocenters. The van der Waals surface area contributed by atoms with Crippen LogP contribution in [0.15, 0.2) is 30.0 Å². The van der Waals surface area contributed by atoms with E-state index < -0.39 is 0 Å². The van der Waals surface area contributed by atoms with Gasteiger partial charge in [0, 0.05) is 17.5 Å². The van der Waals surface area contributed by atoms with Crippen LogP contribution in [0.3, 0.4) is 0 Å². The van der Waals surface area contributed by atoms with Gasteiger partial charge in [0.1, 0.15) is 0 Å². The summed E-state index contributed by atoms with van der Waals surface area (Å²) in [7, 11) is 0. The average Bonchev–Trinajstić information content (AvgIpc) is 2.62. The van der Waals surface area contributed by atoms with Gasteiger partial charge in [-0.2, -0.15) is 0 Å². The second-order valence-electron chi connectivity index (χ2n) is 3.27. The normalized spacial score (nSPS) is 12.4. The highest BCUT2D eigenvalue weighted by Crippen LogP contribution is 2.07. The maximum absolute atomic E-state index is 11.0. The molecule has 0 amide bonds. The number of rotatable bonds is 3. The number of ketones is 1. The average molecular weight is 189 g/mol. The molecule has 1 rings (SSSR count). The van der Waals surface area contributed by atoms with E-state index in [4.69, 9.17) is 0 Å². The van der Waals surface area contributed by atoms with Crippen LogP contribution in [0.25, 0.3) is 6.08 Å². The molecule has 0 spiro atoms. The summed E-state index contributed by atoms with van der Waals surface area (Å²) in [6.07, 6.45) is 7.73. The first-order valence-electron chi connectivity index (χ1n) is 4.64. The molecule has 2 nitrogen and oxygen atoms in total. The molecule has 1 aromatic rings. The molecule has 0 radical (unpaired) electrons. The Bertz CT molecular complexity index is 383. The molecule has 0 aliphatic heterocycles. The van der Waals surface area contributed by atoms with E-state index >= 15 is 0 Å². The fraction of sp³-hybridized carbons (Fsp3) is 0.250. The molecule has 0 aliphatic rings. The fourth-order valence-corrected chi connectivity index (χ4v) is 1.03. The van der Waals surface area contributed by atoms with Crippen molar-refractivity contribution in [3.05, 3.63) is 41.2 Å². The van der Waals surface area contributed by atoms with Gasteiger partial charge in [-0.15, -0.1) is 0 Å². The van der Waals surface area contributed by atoms with Crippen molar-refractivity contribution >= 4 is 11.9 Å². The molecule has 0 unspecified atom stereocenters. The van der Waals surface area contributed by atoms with Crippen LogP contribution in [0, 0.1) is 0 Å². The van der Waals surface area contributed by atoms with Crippen LogP contribution in [-0.4, -0.2) is 10.8 Å². The Kier molecular flexibility index (Phi) is 3.46. The lowest BCUT2D eigenvalue weighted by Gasteiger charge is -1.87. The molecular weight excluding hydrogens is 174 g/mol. The Hall–Kier alpha value is -1.57. The first-order valence-corrected chi connectivity index (χ1v) is 4.64. The van der Waals surface area contributed by atoms with Gasteiger partial charge in [0.15, 0.2) is 5.78 Å². The number of allylic oxidation sites excluding steroid dienone is 3. The lowest BCUT2D eigenvalue weighted by atomic mass is 10.2. The molecule has 0 saturated heterocycles. The number of hydrogen-bond donors (Lipinski definition) is 1. The van der Waals surface area contributed by atoms with Gasteiger partial charge in [-0.05, 0) is 32.9 Å². The van der Waals surface area contributed by atoms with Crippen LogP contribution >= 0.6 is 0 Å². The topological polar surface area (TPSA) is 32.9 Å². The van der Waals surface area contributed by atoms with Crippen LogP contribution < -0.4 is 0 Å². The highest BCUT2D eigenvalue weighted by Gasteiger charge is 2.00.